The molecule has 0 atom stereocenters. The maximum atomic E-state index is 4.07. The van der Waals surface area contributed by atoms with Crippen LogP contribution in [0.2, 0.25) is 0 Å². The van der Waals surface area contributed by atoms with Crippen LogP contribution in [0.3, 0.4) is 0 Å². The molecule has 2 aromatic heterocycles. The molecule has 0 aliphatic carbocycles. The van der Waals surface area contributed by atoms with Crippen molar-refractivity contribution in [1.29, 1.82) is 0 Å². The fourth-order valence-electron chi connectivity index (χ4n) is 1.52. The number of hydrogen-bond acceptors (Lipinski definition) is 5. The lowest BCUT2D eigenvalue weighted by molar-refractivity contribution is 0.410. The van der Waals surface area contributed by atoms with Crippen LogP contribution < -0.4 is 5.32 Å². The summed E-state index contributed by atoms with van der Waals surface area (Å²) in [5.41, 5.74) is 1.36. The first-order chi connectivity index (χ1) is 8.46. The van der Waals surface area contributed by atoms with Crippen LogP contribution in [0.25, 0.3) is 0 Å². The first-order valence-electron chi connectivity index (χ1n) is 5.99. The largest absolute Gasteiger partial charge is 0.305 e. The highest BCUT2D eigenvalue weighted by Crippen LogP contribution is 2.16. The summed E-state index contributed by atoms with van der Waals surface area (Å²) < 4.78 is 1.86. The third kappa shape index (κ3) is 3.36. The van der Waals surface area contributed by atoms with E-state index in [4.69, 9.17) is 0 Å². The average molecular weight is 265 g/mol. The lowest BCUT2D eigenvalue weighted by atomic mass is 10.1. The second kappa shape index (κ2) is 5.16. The van der Waals surface area contributed by atoms with Crippen molar-refractivity contribution in [1.82, 2.24) is 25.5 Å². The zero-order valence-electron chi connectivity index (χ0n) is 11.3. The number of rotatable bonds is 4. The SMILES string of the molecule is Cc1ccsc1Cn1nnnc1CNC(C)(C)C. The van der Waals surface area contributed by atoms with E-state index in [1.54, 1.807) is 11.3 Å². The van der Waals surface area contributed by atoms with Crippen molar-refractivity contribution in [3.8, 4) is 0 Å². The number of nitrogens with one attached hydrogen (secondary N) is 1. The summed E-state index contributed by atoms with van der Waals surface area (Å²) in [6, 6.07) is 2.12. The summed E-state index contributed by atoms with van der Waals surface area (Å²) in [6.45, 7) is 9.93. The summed E-state index contributed by atoms with van der Waals surface area (Å²) in [4.78, 5) is 1.30. The van der Waals surface area contributed by atoms with Gasteiger partial charge in [-0.05, 0) is 55.1 Å². The Morgan fingerprint density at radius 3 is 2.78 bits per heavy atom. The van der Waals surface area contributed by atoms with Crippen molar-refractivity contribution in [3.63, 3.8) is 0 Å². The Labute approximate surface area is 111 Å². The molecule has 0 saturated carbocycles. The van der Waals surface area contributed by atoms with Gasteiger partial charge in [0.25, 0.3) is 0 Å². The quantitative estimate of drug-likeness (QED) is 0.918. The summed E-state index contributed by atoms with van der Waals surface area (Å²) in [7, 11) is 0. The van der Waals surface area contributed by atoms with Gasteiger partial charge in [0.1, 0.15) is 0 Å². The lowest BCUT2D eigenvalue weighted by Crippen LogP contribution is -2.36. The fourth-order valence-corrected chi connectivity index (χ4v) is 2.41. The zero-order chi connectivity index (χ0) is 13.2. The maximum absolute atomic E-state index is 4.07. The van der Waals surface area contributed by atoms with Gasteiger partial charge in [-0.2, -0.15) is 0 Å². The van der Waals surface area contributed by atoms with Crippen LogP contribution in [0, 0.1) is 6.92 Å². The Hall–Kier alpha value is -1.27. The molecule has 0 amide bonds. The highest BCUT2D eigenvalue weighted by atomic mass is 32.1. The van der Waals surface area contributed by atoms with Gasteiger partial charge >= 0.3 is 0 Å². The Balaban J connectivity index is 2.06. The normalized spacial score (nSPS) is 12.0. The van der Waals surface area contributed by atoms with Gasteiger partial charge in [-0.25, -0.2) is 4.68 Å². The van der Waals surface area contributed by atoms with Crippen LogP contribution in [0.4, 0.5) is 0 Å². The Morgan fingerprint density at radius 1 is 1.39 bits per heavy atom. The molecule has 2 heterocycles. The van der Waals surface area contributed by atoms with Crippen molar-refractivity contribution in [2.45, 2.75) is 46.3 Å². The molecule has 0 aromatic carbocycles. The van der Waals surface area contributed by atoms with E-state index in [9.17, 15) is 0 Å². The van der Waals surface area contributed by atoms with Gasteiger partial charge in [-0.1, -0.05) is 0 Å². The van der Waals surface area contributed by atoms with E-state index in [1.807, 2.05) is 4.68 Å². The molecule has 0 unspecified atom stereocenters. The monoisotopic (exact) mass is 265 g/mol. The van der Waals surface area contributed by atoms with Crippen molar-refractivity contribution in [2.75, 3.05) is 0 Å². The zero-order valence-corrected chi connectivity index (χ0v) is 12.1. The minimum atomic E-state index is 0.0651. The molecular formula is C12H19N5S. The molecular weight excluding hydrogens is 246 g/mol. The van der Waals surface area contributed by atoms with Gasteiger partial charge in [-0.3, -0.25) is 0 Å². The molecule has 6 heteroatoms. The molecule has 0 bridgehead atoms. The Kier molecular flexibility index (Phi) is 3.77. The smallest absolute Gasteiger partial charge is 0.165 e. The van der Waals surface area contributed by atoms with Crippen LogP contribution >= 0.6 is 11.3 Å². The first-order valence-corrected chi connectivity index (χ1v) is 6.87. The summed E-state index contributed by atoms with van der Waals surface area (Å²) in [5, 5.41) is 17.4. The van der Waals surface area contributed by atoms with Crippen LogP contribution in [0.15, 0.2) is 11.4 Å². The van der Waals surface area contributed by atoms with Crippen molar-refractivity contribution in [3.05, 3.63) is 27.7 Å². The highest BCUT2D eigenvalue weighted by Gasteiger charge is 2.13. The molecule has 5 nitrogen and oxygen atoms in total. The molecule has 0 radical (unpaired) electrons. The molecule has 0 aliphatic rings. The minimum absolute atomic E-state index is 0.0651. The number of hydrogen-bond donors (Lipinski definition) is 1. The molecule has 0 spiro atoms. The molecule has 98 valence electrons. The topological polar surface area (TPSA) is 55.6 Å². The van der Waals surface area contributed by atoms with Gasteiger partial charge in [0, 0.05) is 10.4 Å². The molecule has 0 fully saturated rings. The van der Waals surface area contributed by atoms with Gasteiger partial charge in [0.05, 0.1) is 13.1 Å². The predicted molar refractivity (Wildman–Crippen MR) is 72.6 cm³/mol. The molecule has 1 N–H and O–H groups in total. The van der Waals surface area contributed by atoms with Gasteiger partial charge in [0.15, 0.2) is 5.82 Å². The van der Waals surface area contributed by atoms with Crippen LogP contribution in [0.1, 0.15) is 37.0 Å². The minimum Gasteiger partial charge on any atom is -0.305 e. The molecule has 0 aliphatic heterocycles. The van der Waals surface area contributed by atoms with Gasteiger partial charge in [0.2, 0.25) is 0 Å². The van der Waals surface area contributed by atoms with E-state index in [0.717, 1.165) is 12.4 Å². The average Bonchev–Trinajstić information content (AvgIpc) is 2.86. The van der Waals surface area contributed by atoms with Crippen molar-refractivity contribution in [2.24, 2.45) is 0 Å². The fraction of sp³-hybridized carbons (Fsp3) is 0.583. The third-order valence-electron chi connectivity index (χ3n) is 2.64. The summed E-state index contributed by atoms with van der Waals surface area (Å²) >= 11 is 1.74. The van der Waals surface area contributed by atoms with E-state index in [2.05, 4.69) is 60.0 Å². The molecule has 2 rings (SSSR count). The van der Waals surface area contributed by atoms with Crippen molar-refractivity contribution < 1.29 is 0 Å². The number of aryl methyl sites for hydroxylation is 1. The van der Waals surface area contributed by atoms with E-state index in [-0.39, 0.29) is 5.54 Å². The molecule has 0 saturated heterocycles. The maximum Gasteiger partial charge on any atom is 0.165 e. The van der Waals surface area contributed by atoms with Crippen LogP contribution in [0.5, 0.6) is 0 Å². The van der Waals surface area contributed by atoms with E-state index >= 15 is 0 Å². The molecule has 18 heavy (non-hydrogen) atoms. The summed E-state index contributed by atoms with van der Waals surface area (Å²) in [6.07, 6.45) is 0. The summed E-state index contributed by atoms with van der Waals surface area (Å²) in [5.74, 6) is 0.873. The second-order valence-corrected chi connectivity index (χ2v) is 6.38. The van der Waals surface area contributed by atoms with Crippen LogP contribution in [-0.4, -0.2) is 25.7 Å². The number of aromatic nitrogens is 4. The number of thiophene rings is 1. The standard InChI is InChI=1S/C12H19N5S/c1-9-5-6-18-10(9)8-17-11(14-15-16-17)7-13-12(2,3)4/h5-6,13H,7-8H2,1-4H3. The van der Waals surface area contributed by atoms with E-state index < -0.39 is 0 Å². The van der Waals surface area contributed by atoms with E-state index in [1.165, 1.54) is 10.4 Å². The second-order valence-electron chi connectivity index (χ2n) is 5.38. The number of nitrogens with zero attached hydrogens (tertiary/aromatic N) is 4. The Bertz CT molecular complexity index is 509. The van der Waals surface area contributed by atoms with Gasteiger partial charge < -0.3 is 5.32 Å². The predicted octanol–water partition coefficient (Wildman–Crippen LogP) is 1.98. The lowest BCUT2D eigenvalue weighted by Gasteiger charge is -2.19. The van der Waals surface area contributed by atoms with Crippen molar-refractivity contribution >= 4 is 11.3 Å². The highest BCUT2D eigenvalue weighted by molar-refractivity contribution is 7.10. The number of tetrazole rings is 1. The third-order valence-corrected chi connectivity index (χ3v) is 3.65. The Morgan fingerprint density at radius 2 is 2.17 bits per heavy atom. The molecule has 2 aromatic rings. The van der Waals surface area contributed by atoms with E-state index in [0.29, 0.717) is 6.54 Å². The first kappa shape index (κ1) is 13.2. The van der Waals surface area contributed by atoms with Crippen LogP contribution in [-0.2, 0) is 13.1 Å². The van der Waals surface area contributed by atoms with Gasteiger partial charge in [-0.15, -0.1) is 16.4 Å².